The lowest BCUT2D eigenvalue weighted by atomic mass is 9.91. The molecule has 6 unspecified atom stereocenters. The quantitative estimate of drug-likeness (QED) is 0.592. The van der Waals surface area contributed by atoms with E-state index < -0.39 is 46.4 Å². The molecule has 0 aromatic rings. The van der Waals surface area contributed by atoms with Gasteiger partial charge in [-0.3, -0.25) is 4.55 Å². The Morgan fingerprint density at radius 1 is 1.30 bits per heavy atom. The molecule has 3 N–H and O–H groups in total. The first-order valence-electron chi connectivity index (χ1n) is 6.74. The Kier molecular flexibility index (Phi) is 6.36. The van der Waals surface area contributed by atoms with Gasteiger partial charge in [0.2, 0.25) is 0 Å². The lowest BCUT2D eigenvalue weighted by Gasteiger charge is -2.41. The Hall–Kier alpha value is -0.250. The number of aliphatic hydroxyl groups excluding tert-OH is 2. The summed E-state index contributed by atoms with van der Waals surface area (Å²) in [6, 6.07) is 0. The third-order valence-corrected chi connectivity index (χ3v) is 4.43. The molecular formula is C12H24O7S. The molecule has 1 fully saturated rings. The molecule has 0 aromatic heterocycles. The van der Waals surface area contributed by atoms with Crippen molar-refractivity contribution in [2.45, 2.75) is 51.8 Å². The summed E-state index contributed by atoms with van der Waals surface area (Å²) in [4.78, 5) is 0. The molecule has 20 heavy (non-hydrogen) atoms. The third kappa shape index (κ3) is 4.94. The molecule has 0 radical (unpaired) electrons. The van der Waals surface area contributed by atoms with E-state index in [1.165, 1.54) is 0 Å². The second-order valence-electron chi connectivity index (χ2n) is 5.48. The molecule has 120 valence electrons. The van der Waals surface area contributed by atoms with Crippen LogP contribution in [0.25, 0.3) is 0 Å². The number of ether oxygens (including phenoxy) is 2. The van der Waals surface area contributed by atoms with Gasteiger partial charge in [-0.25, -0.2) is 0 Å². The van der Waals surface area contributed by atoms with Crippen LogP contribution >= 0.6 is 0 Å². The summed E-state index contributed by atoms with van der Waals surface area (Å²) < 4.78 is 41.6. The Balaban J connectivity index is 2.70. The van der Waals surface area contributed by atoms with Gasteiger partial charge in [0.05, 0.1) is 18.8 Å². The fourth-order valence-electron chi connectivity index (χ4n) is 1.98. The van der Waals surface area contributed by atoms with E-state index in [-0.39, 0.29) is 5.92 Å². The van der Waals surface area contributed by atoms with Gasteiger partial charge in [0.25, 0.3) is 10.1 Å². The SMILES string of the molecule is CCC(C)COC1OC(CS(=O)(=O)O)C(C)C(O)C1O. The highest BCUT2D eigenvalue weighted by Crippen LogP contribution is 2.27. The van der Waals surface area contributed by atoms with Crippen LogP contribution < -0.4 is 0 Å². The maximum Gasteiger partial charge on any atom is 0.267 e. The minimum Gasteiger partial charge on any atom is -0.390 e. The molecule has 1 saturated heterocycles. The zero-order chi connectivity index (χ0) is 15.5. The first-order valence-corrected chi connectivity index (χ1v) is 8.35. The lowest BCUT2D eigenvalue weighted by molar-refractivity contribution is -0.281. The molecule has 0 aliphatic carbocycles. The van der Waals surface area contributed by atoms with E-state index in [0.29, 0.717) is 6.61 Å². The van der Waals surface area contributed by atoms with Gasteiger partial charge in [-0.1, -0.05) is 27.2 Å². The fourth-order valence-corrected chi connectivity index (χ4v) is 2.78. The van der Waals surface area contributed by atoms with Gasteiger partial charge in [-0.2, -0.15) is 8.42 Å². The highest BCUT2D eigenvalue weighted by Gasteiger charge is 2.44. The summed E-state index contributed by atoms with van der Waals surface area (Å²) in [5.41, 5.74) is 0. The van der Waals surface area contributed by atoms with Crippen LogP contribution in [-0.4, -0.2) is 60.1 Å². The normalized spacial score (nSPS) is 36.8. The van der Waals surface area contributed by atoms with Crippen LogP contribution in [0.15, 0.2) is 0 Å². The molecule has 0 spiro atoms. The molecule has 0 aromatic carbocycles. The molecule has 0 amide bonds. The van der Waals surface area contributed by atoms with Crippen molar-refractivity contribution < 1.29 is 32.7 Å². The fraction of sp³-hybridized carbons (Fsp3) is 1.00. The summed E-state index contributed by atoms with van der Waals surface area (Å²) in [6.07, 6.45) is -3.55. The van der Waals surface area contributed by atoms with Gasteiger partial charge < -0.3 is 19.7 Å². The molecule has 1 heterocycles. The summed E-state index contributed by atoms with van der Waals surface area (Å²) in [5, 5.41) is 19.8. The largest absolute Gasteiger partial charge is 0.390 e. The average Bonchev–Trinajstić information content (AvgIpc) is 2.36. The molecule has 8 heteroatoms. The van der Waals surface area contributed by atoms with E-state index in [0.717, 1.165) is 6.42 Å². The van der Waals surface area contributed by atoms with Crippen LogP contribution in [0.1, 0.15) is 27.2 Å². The first-order chi connectivity index (χ1) is 9.15. The van der Waals surface area contributed by atoms with Crippen molar-refractivity contribution in [3.05, 3.63) is 0 Å². The van der Waals surface area contributed by atoms with E-state index >= 15 is 0 Å². The van der Waals surface area contributed by atoms with Crippen molar-refractivity contribution in [2.75, 3.05) is 12.4 Å². The van der Waals surface area contributed by atoms with E-state index in [9.17, 15) is 18.6 Å². The van der Waals surface area contributed by atoms with Crippen molar-refractivity contribution in [1.29, 1.82) is 0 Å². The van der Waals surface area contributed by atoms with Gasteiger partial charge in [-0.15, -0.1) is 0 Å². The predicted octanol–water partition coefficient (Wildman–Crippen LogP) is 0.0197. The van der Waals surface area contributed by atoms with Crippen LogP contribution in [0.5, 0.6) is 0 Å². The highest BCUT2D eigenvalue weighted by atomic mass is 32.2. The maximum atomic E-state index is 10.9. The van der Waals surface area contributed by atoms with E-state index in [1.54, 1.807) is 6.92 Å². The minimum atomic E-state index is -4.23. The predicted molar refractivity (Wildman–Crippen MR) is 71.7 cm³/mol. The monoisotopic (exact) mass is 312 g/mol. The molecule has 1 aliphatic rings. The van der Waals surface area contributed by atoms with Crippen LogP contribution in [0.2, 0.25) is 0 Å². The van der Waals surface area contributed by atoms with Crippen molar-refractivity contribution in [3.8, 4) is 0 Å². The molecule has 1 aliphatic heterocycles. The van der Waals surface area contributed by atoms with Gasteiger partial charge >= 0.3 is 0 Å². The average molecular weight is 312 g/mol. The number of rotatable bonds is 6. The Morgan fingerprint density at radius 3 is 2.40 bits per heavy atom. The van der Waals surface area contributed by atoms with Gasteiger partial charge in [0, 0.05) is 5.92 Å². The highest BCUT2D eigenvalue weighted by molar-refractivity contribution is 7.85. The summed E-state index contributed by atoms with van der Waals surface area (Å²) >= 11 is 0. The maximum absolute atomic E-state index is 10.9. The Morgan fingerprint density at radius 2 is 1.90 bits per heavy atom. The molecule has 6 atom stereocenters. The van der Waals surface area contributed by atoms with E-state index in [1.807, 2.05) is 13.8 Å². The molecular weight excluding hydrogens is 288 g/mol. The van der Waals surface area contributed by atoms with Crippen molar-refractivity contribution in [3.63, 3.8) is 0 Å². The molecule has 7 nitrogen and oxygen atoms in total. The van der Waals surface area contributed by atoms with E-state index in [2.05, 4.69) is 0 Å². The third-order valence-electron chi connectivity index (χ3n) is 3.68. The summed E-state index contributed by atoms with van der Waals surface area (Å²) in [7, 11) is -4.23. The number of hydrogen-bond donors (Lipinski definition) is 3. The number of aliphatic hydroxyl groups is 2. The van der Waals surface area contributed by atoms with E-state index in [4.69, 9.17) is 14.0 Å². The van der Waals surface area contributed by atoms with Gasteiger partial charge in [0.15, 0.2) is 6.29 Å². The topological polar surface area (TPSA) is 113 Å². The Bertz CT molecular complexity index is 397. The first kappa shape index (κ1) is 17.8. The minimum absolute atomic E-state index is 0.252. The van der Waals surface area contributed by atoms with Crippen LogP contribution in [0, 0.1) is 11.8 Å². The lowest BCUT2D eigenvalue weighted by Crippen LogP contribution is -2.56. The van der Waals surface area contributed by atoms with Crippen molar-refractivity contribution in [1.82, 2.24) is 0 Å². The van der Waals surface area contributed by atoms with Gasteiger partial charge in [-0.05, 0) is 5.92 Å². The van der Waals surface area contributed by atoms with Crippen LogP contribution in [-0.2, 0) is 19.6 Å². The number of hydrogen-bond acceptors (Lipinski definition) is 6. The van der Waals surface area contributed by atoms with Crippen molar-refractivity contribution >= 4 is 10.1 Å². The molecule has 0 saturated carbocycles. The van der Waals surface area contributed by atoms with Crippen molar-refractivity contribution in [2.24, 2.45) is 11.8 Å². The molecule has 0 bridgehead atoms. The summed E-state index contributed by atoms with van der Waals surface area (Å²) in [6.45, 7) is 5.83. The Labute approximate surface area is 119 Å². The van der Waals surface area contributed by atoms with Crippen LogP contribution in [0.4, 0.5) is 0 Å². The zero-order valence-electron chi connectivity index (χ0n) is 12.0. The summed E-state index contributed by atoms with van der Waals surface area (Å²) in [5.74, 6) is -1.01. The standard InChI is InChI=1S/C12H24O7S/c1-4-7(2)5-18-12-11(14)10(13)8(3)9(19-12)6-20(15,16)17/h7-14H,4-6H2,1-3H3,(H,15,16,17). The zero-order valence-corrected chi connectivity index (χ0v) is 12.8. The van der Waals surface area contributed by atoms with Crippen LogP contribution in [0.3, 0.4) is 0 Å². The van der Waals surface area contributed by atoms with Gasteiger partial charge in [0.1, 0.15) is 11.9 Å². The second-order valence-corrected chi connectivity index (χ2v) is 6.98. The molecule has 1 rings (SSSR count). The second kappa shape index (κ2) is 7.15. The smallest absolute Gasteiger partial charge is 0.267 e.